The van der Waals surface area contributed by atoms with E-state index >= 15 is 0 Å². The Morgan fingerprint density at radius 3 is 2.54 bits per heavy atom. The summed E-state index contributed by atoms with van der Waals surface area (Å²) in [4.78, 5) is 12.2. The number of carbonyl (C=O) groups is 1. The second kappa shape index (κ2) is 3.53. The van der Waals surface area contributed by atoms with E-state index in [2.05, 4.69) is 0 Å². The lowest BCUT2D eigenvalue weighted by atomic mass is 10.3. The van der Waals surface area contributed by atoms with Crippen molar-refractivity contribution >= 4 is 5.91 Å². The molecular weight excluding hydrogens is 185 g/mol. The van der Waals surface area contributed by atoms with Crippen molar-refractivity contribution in [1.82, 2.24) is 10.2 Å². The Morgan fingerprint density at radius 2 is 2.15 bits per heavy atom. The molecule has 0 spiro atoms. The zero-order valence-electron chi connectivity index (χ0n) is 7.19. The highest BCUT2D eigenvalue weighted by molar-refractivity contribution is 5.73. The lowest BCUT2D eigenvalue weighted by Crippen LogP contribution is -2.42. The first kappa shape index (κ1) is 10.3. The van der Waals surface area contributed by atoms with E-state index < -0.39 is 12.3 Å². The van der Waals surface area contributed by atoms with Gasteiger partial charge in [-0.3, -0.25) is 4.79 Å². The summed E-state index contributed by atoms with van der Waals surface area (Å²) in [5, 5.41) is 1.51. The summed E-state index contributed by atoms with van der Waals surface area (Å²) in [5.41, 5.74) is 0. The first-order chi connectivity index (χ1) is 5.88. The highest BCUT2D eigenvalue weighted by Gasteiger charge is 2.34. The van der Waals surface area contributed by atoms with Crippen LogP contribution in [-0.2, 0) is 4.79 Å². The molecule has 1 heterocycles. The quantitative estimate of drug-likeness (QED) is 0.626. The highest BCUT2D eigenvalue weighted by Crippen LogP contribution is 2.16. The predicted molar refractivity (Wildman–Crippen MR) is 39.8 cm³/mol. The van der Waals surface area contributed by atoms with Crippen LogP contribution in [-0.4, -0.2) is 36.2 Å². The molecule has 1 aliphatic heterocycles. The monoisotopic (exact) mass is 196 g/mol. The Balaban J connectivity index is 2.38. The predicted octanol–water partition coefficient (Wildman–Crippen LogP) is 0.717. The maximum absolute atomic E-state index is 11.8. The summed E-state index contributed by atoms with van der Waals surface area (Å²) in [6, 6.07) is -0.649. The van der Waals surface area contributed by atoms with Crippen LogP contribution in [0, 0.1) is 0 Å². The van der Waals surface area contributed by atoms with Gasteiger partial charge in [-0.15, -0.1) is 0 Å². The molecule has 0 aromatic rings. The minimum absolute atomic E-state index is 0.148. The number of rotatable bonds is 1. The van der Waals surface area contributed by atoms with Gasteiger partial charge in [-0.2, -0.15) is 13.2 Å². The molecular formula is C7H11F3N2O. The minimum Gasteiger partial charge on any atom is -0.341 e. The number of hydrogen-bond donors (Lipinski definition) is 1. The van der Waals surface area contributed by atoms with Gasteiger partial charge in [0.1, 0.15) is 0 Å². The fraction of sp³-hybridized carbons (Fsp3) is 0.857. The van der Waals surface area contributed by atoms with Crippen molar-refractivity contribution in [2.24, 2.45) is 0 Å². The van der Waals surface area contributed by atoms with Crippen LogP contribution in [0.3, 0.4) is 0 Å². The molecule has 1 N–H and O–H groups in total. The van der Waals surface area contributed by atoms with Crippen LogP contribution in [0.1, 0.15) is 13.3 Å². The normalized spacial score (nSPS) is 23.7. The van der Waals surface area contributed by atoms with Gasteiger partial charge in [-0.25, -0.2) is 5.32 Å². The second-order valence-electron chi connectivity index (χ2n) is 3.09. The molecule has 1 fully saturated rings. The van der Waals surface area contributed by atoms with Gasteiger partial charge in [-0.1, -0.05) is 0 Å². The van der Waals surface area contributed by atoms with Crippen LogP contribution in [0.15, 0.2) is 0 Å². The summed E-state index contributed by atoms with van der Waals surface area (Å²) in [6.07, 6.45) is -3.99. The molecule has 1 aliphatic rings. The number of halogens is 3. The molecule has 0 aromatic carbocycles. The maximum Gasteiger partial charge on any atom is 0.457 e. The van der Waals surface area contributed by atoms with E-state index in [0.717, 1.165) is 0 Å². The second-order valence-corrected chi connectivity index (χ2v) is 3.09. The molecule has 1 amide bonds. The van der Waals surface area contributed by atoms with Crippen molar-refractivity contribution in [3.05, 3.63) is 0 Å². The van der Waals surface area contributed by atoms with Crippen LogP contribution in [0.2, 0.25) is 0 Å². The fourth-order valence-electron chi connectivity index (χ4n) is 1.40. The number of carbonyl (C=O) groups excluding carboxylic acids is 1. The Morgan fingerprint density at radius 1 is 1.54 bits per heavy atom. The molecule has 0 aliphatic carbocycles. The van der Waals surface area contributed by atoms with Crippen molar-refractivity contribution in [3.8, 4) is 0 Å². The van der Waals surface area contributed by atoms with E-state index in [1.54, 1.807) is 0 Å². The topological polar surface area (TPSA) is 32.3 Å². The maximum atomic E-state index is 11.8. The van der Waals surface area contributed by atoms with Crippen molar-refractivity contribution in [3.63, 3.8) is 0 Å². The highest BCUT2D eigenvalue weighted by atomic mass is 19.4. The lowest BCUT2D eigenvalue weighted by molar-refractivity contribution is -0.163. The van der Waals surface area contributed by atoms with Crippen LogP contribution in [0.5, 0.6) is 0 Å². The molecule has 0 saturated carbocycles. The molecule has 3 nitrogen and oxygen atoms in total. The average Bonchev–Trinajstić information content (AvgIpc) is 2.31. The summed E-state index contributed by atoms with van der Waals surface area (Å²) in [7, 11) is 0. The third kappa shape index (κ3) is 3.22. The van der Waals surface area contributed by atoms with Gasteiger partial charge >= 0.3 is 6.30 Å². The Labute approximate surface area is 73.9 Å². The van der Waals surface area contributed by atoms with Crippen molar-refractivity contribution < 1.29 is 18.0 Å². The molecule has 0 aromatic heterocycles. The zero-order valence-corrected chi connectivity index (χ0v) is 7.19. The van der Waals surface area contributed by atoms with Gasteiger partial charge in [0.2, 0.25) is 5.91 Å². The van der Waals surface area contributed by atoms with E-state index in [9.17, 15) is 18.0 Å². The van der Waals surface area contributed by atoms with E-state index in [1.165, 1.54) is 17.1 Å². The molecule has 1 saturated heterocycles. The molecule has 1 atom stereocenters. The minimum atomic E-state index is -4.35. The first-order valence-electron chi connectivity index (χ1n) is 3.98. The van der Waals surface area contributed by atoms with E-state index in [-0.39, 0.29) is 12.5 Å². The van der Waals surface area contributed by atoms with Crippen LogP contribution in [0.25, 0.3) is 0 Å². The zero-order chi connectivity index (χ0) is 10.1. The Kier molecular flexibility index (Phi) is 2.80. The van der Waals surface area contributed by atoms with Gasteiger partial charge in [0, 0.05) is 26.1 Å². The van der Waals surface area contributed by atoms with Gasteiger partial charge < -0.3 is 4.90 Å². The van der Waals surface area contributed by atoms with Crippen LogP contribution in [0.4, 0.5) is 13.2 Å². The summed E-state index contributed by atoms with van der Waals surface area (Å²) in [6.45, 7) is 1.91. The van der Waals surface area contributed by atoms with Gasteiger partial charge in [0.25, 0.3) is 0 Å². The van der Waals surface area contributed by atoms with Crippen LogP contribution >= 0.6 is 0 Å². The van der Waals surface area contributed by atoms with Crippen molar-refractivity contribution in [1.29, 1.82) is 0 Å². The van der Waals surface area contributed by atoms with Crippen LogP contribution < -0.4 is 5.32 Å². The van der Waals surface area contributed by atoms with E-state index in [4.69, 9.17) is 0 Å². The number of amides is 1. The molecule has 1 rings (SSSR count). The first-order valence-corrected chi connectivity index (χ1v) is 3.98. The number of nitrogens with one attached hydrogen (secondary N) is 1. The Bertz CT molecular complexity index is 204. The summed E-state index contributed by atoms with van der Waals surface area (Å²) < 4.78 is 35.5. The average molecular weight is 196 g/mol. The molecule has 76 valence electrons. The SMILES string of the molecule is CC(=O)N1CCC(NC(F)(F)F)C1. The molecule has 6 heteroatoms. The van der Waals surface area contributed by atoms with Crippen molar-refractivity contribution in [2.75, 3.05) is 13.1 Å². The fourth-order valence-corrected chi connectivity index (χ4v) is 1.40. The number of likely N-dealkylation sites (tertiary alicyclic amines) is 1. The molecule has 0 radical (unpaired) electrons. The largest absolute Gasteiger partial charge is 0.457 e. The number of alkyl halides is 3. The molecule has 13 heavy (non-hydrogen) atoms. The third-order valence-corrected chi connectivity index (χ3v) is 2.00. The number of nitrogens with zero attached hydrogens (tertiary/aromatic N) is 1. The Hall–Kier alpha value is -0.780. The van der Waals surface area contributed by atoms with Gasteiger partial charge in [-0.05, 0) is 6.42 Å². The van der Waals surface area contributed by atoms with E-state index in [1.807, 2.05) is 0 Å². The smallest absolute Gasteiger partial charge is 0.341 e. The van der Waals surface area contributed by atoms with E-state index in [0.29, 0.717) is 13.0 Å². The standard InChI is InChI=1S/C7H11F3N2O/c1-5(13)12-3-2-6(4-12)11-7(8,9)10/h6,11H,2-4H2,1H3. The summed E-state index contributed by atoms with van der Waals surface area (Å²) in [5.74, 6) is -0.175. The number of hydrogen-bond acceptors (Lipinski definition) is 2. The lowest BCUT2D eigenvalue weighted by Gasteiger charge is -2.16. The third-order valence-electron chi connectivity index (χ3n) is 2.00. The molecule has 1 unspecified atom stereocenters. The van der Waals surface area contributed by atoms with Crippen molar-refractivity contribution in [2.45, 2.75) is 25.7 Å². The van der Waals surface area contributed by atoms with Gasteiger partial charge in [0.05, 0.1) is 0 Å². The summed E-state index contributed by atoms with van der Waals surface area (Å²) >= 11 is 0. The molecule has 0 bridgehead atoms. The van der Waals surface area contributed by atoms with Gasteiger partial charge in [0.15, 0.2) is 0 Å².